The van der Waals surface area contributed by atoms with E-state index in [-0.39, 0.29) is 12.1 Å². The maximum absolute atomic E-state index is 12.4. The van der Waals surface area contributed by atoms with Gasteiger partial charge < -0.3 is 15.0 Å². The Kier molecular flexibility index (Phi) is 4.76. The van der Waals surface area contributed by atoms with E-state index in [1.807, 2.05) is 23.1 Å². The van der Waals surface area contributed by atoms with Crippen molar-refractivity contribution < 1.29 is 9.53 Å². The molecule has 0 spiro atoms. The molecule has 0 aromatic heterocycles. The Morgan fingerprint density at radius 2 is 2.05 bits per heavy atom. The number of urea groups is 1. The van der Waals surface area contributed by atoms with Crippen LogP contribution in [0.1, 0.15) is 31.2 Å². The number of carbonyl (C=O) groups is 1. The highest BCUT2D eigenvalue weighted by Gasteiger charge is 2.25. The number of nitrogens with zero attached hydrogens (tertiary/aromatic N) is 1. The number of nitrogens with one attached hydrogen (secondary N) is 1. The minimum atomic E-state index is 0.0428. The molecule has 1 saturated heterocycles. The average molecular weight is 288 g/mol. The predicted molar refractivity (Wildman–Crippen MR) is 81.9 cm³/mol. The van der Waals surface area contributed by atoms with Crippen molar-refractivity contribution in [2.75, 3.05) is 19.7 Å². The van der Waals surface area contributed by atoms with Crippen LogP contribution in [0, 0.1) is 5.92 Å². The molecule has 1 aromatic carbocycles. The van der Waals surface area contributed by atoms with Gasteiger partial charge in [-0.2, -0.15) is 0 Å². The second-order valence-corrected chi connectivity index (χ2v) is 6.13. The van der Waals surface area contributed by atoms with Gasteiger partial charge in [0.1, 0.15) is 0 Å². The first-order valence-electron chi connectivity index (χ1n) is 7.99. The summed E-state index contributed by atoms with van der Waals surface area (Å²) in [5.74, 6) is 0.704. The van der Waals surface area contributed by atoms with Gasteiger partial charge in [0.15, 0.2) is 0 Å². The van der Waals surface area contributed by atoms with Gasteiger partial charge in [0.25, 0.3) is 0 Å². The maximum atomic E-state index is 12.4. The Labute approximate surface area is 126 Å². The number of carbonyl (C=O) groups excluding carboxylic acids is 1. The normalized spacial score (nSPS) is 21.2. The molecule has 0 radical (unpaired) electrons. The Morgan fingerprint density at radius 3 is 2.71 bits per heavy atom. The van der Waals surface area contributed by atoms with Crippen molar-refractivity contribution in [3.05, 3.63) is 35.9 Å². The fraction of sp³-hybridized carbons (Fsp3) is 0.588. The third-order valence-corrected chi connectivity index (χ3v) is 4.19. The van der Waals surface area contributed by atoms with E-state index in [1.165, 1.54) is 12.8 Å². The molecule has 114 valence electrons. The lowest BCUT2D eigenvalue weighted by atomic mass is 10.2. The third-order valence-electron chi connectivity index (χ3n) is 4.19. The number of hydrogen-bond donors (Lipinski definition) is 1. The first kappa shape index (κ1) is 14.4. The lowest BCUT2D eigenvalue weighted by molar-refractivity contribution is 0.0794. The highest BCUT2D eigenvalue weighted by molar-refractivity contribution is 5.74. The summed E-state index contributed by atoms with van der Waals surface area (Å²) in [7, 11) is 0. The molecule has 1 atom stereocenters. The predicted octanol–water partition coefficient (Wildman–Crippen LogP) is 2.79. The van der Waals surface area contributed by atoms with Crippen molar-refractivity contribution in [3.63, 3.8) is 0 Å². The largest absolute Gasteiger partial charge is 0.376 e. The van der Waals surface area contributed by atoms with Gasteiger partial charge in [-0.25, -0.2) is 4.79 Å². The van der Waals surface area contributed by atoms with Crippen LogP contribution in [0.5, 0.6) is 0 Å². The number of amides is 2. The molecular weight excluding hydrogens is 264 g/mol. The summed E-state index contributed by atoms with van der Waals surface area (Å²) in [5, 5.41) is 3.07. The zero-order chi connectivity index (χ0) is 14.5. The summed E-state index contributed by atoms with van der Waals surface area (Å²) < 4.78 is 5.69. The quantitative estimate of drug-likeness (QED) is 0.874. The van der Waals surface area contributed by atoms with Gasteiger partial charge >= 0.3 is 6.03 Å². The molecule has 2 amide bonds. The second-order valence-electron chi connectivity index (χ2n) is 6.13. The van der Waals surface area contributed by atoms with Gasteiger partial charge in [-0.15, -0.1) is 0 Å². The topological polar surface area (TPSA) is 41.6 Å². The van der Waals surface area contributed by atoms with Crippen molar-refractivity contribution in [3.8, 4) is 0 Å². The molecule has 2 aliphatic rings. The zero-order valence-corrected chi connectivity index (χ0v) is 12.5. The molecule has 4 nitrogen and oxygen atoms in total. The van der Waals surface area contributed by atoms with Crippen LogP contribution in [0.4, 0.5) is 4.79 Å². The van der Waals surface area contributed by atoms with Crippen LogP contribution >= 0.6 is 0 Å². The SMILES string of the molecule is O=C(NCC1CC1)N(Cc1ccccc1)C[C@@H]1CCCO1. The molecule has 0 unspecified atom stereocenters. The van der Waals surface area contributed by atoms with Gasteiger partial charge in [-0.05, 0) is 37.2 Å². The van der Waals surface area contributed by atoms with Gasteiger partial charge in [0, 0.05) is 26.2 Å². The van der Waals surface area contributed by atoms with Crippen LogP contribution in [0.3, 0.4) is 0 Å². The van der Waals surface area contributed by atoms with E-state index in [0.717, 1.165) is 31.6 Å². The van der Waals surface area contributed by atoms with Crippen LogP contribution in [-0.2, 0) is 11.3 Å². The summed E-state index contributed by atoms with van der Waals surface area (Å²) in [4.78, 5) is 14.3. The highest BCUT2D eigenvalue weighted by Crippen LogP contribution is 2.27. The van der Waals surface area contributed by atoms with Crippen LogP contribution in [0.15, 0.2) is 30.3 Å². The summed E-state index contributed by atoms with van der Waals surface area (Å²) in [6.45, 7) is 2.98. The summed E-state index contributed by atoms with van der Waals surface area (Å²) in [6.07, 6.45) is 4.87. The van der Waals surface area contributed by atoms with Crippen molar-refractivity contribution >= 4 is 6.03 Å². The van der Waals surface area contributed by atoms with Crippen LogP contribution in [-0.4, -0.2) is 36.7 Å². The average Bonchev–Trinajstić information content (AvgIpc) is 3.20. The van der Waals surface area contributed by atoms with Crippen LogP contribution in [0.2, 0.25) is 0 Å². The van der Waals surface area contributed by atoms with E-state index in [1.54, 1.807) is 0 Å². The lowest BCUT2D eigenvalue weighted by Crippen LogP contribution is -2.43. The summed E-state index contributed by atoms with van der Waals surface area (Å²) in [6, 6.07) is 10.2. The minimum absolute atomic E-state index is 0.0428. The molecule has 2 fully saturated rings. The smallest absolute Gasteiger partial charge is 0.317 e. The molecule has 1 saturated carbocycles. The molecule has 1 aliphatic carbocycles. The molecule has 3 rings (SSSR count). The number of rotatable bonds is 6. The molecule has 4 heteroatoms. The van der Waals surface area contributed by atoms with Crippen LogP contribution in [0.25, 0.3) is 0 Å². The third kappa shape index (κ3) is 4.46. The molecule has 1 N–H and O–H groups in total. The Bertz CT molecular complexity index is 453. The van der Waals surface area contributed by atoms with Crippen LogP contribution < -0.4 is 5.32 Å². The molecular formula is C17H24N2O2. The number of hydrogen-bond acceptors (Lipinski definition) is 2. The van der Waals surface area contributed by atoms with Gasteiger partial charge in [0.2, 0.25) is 0 Å². The monoisotopic (exact) mass is 288 g/mol. The van der Waals surface area contributed by atoms with E-state index in [0.29, 0.717) is 19.0 Å². The van der Waals surface area contributed by atoms with Crippen molar-refractivity contribution in [1.82, 2.24) is 10.2 Å². The standard InChI is InChI=1S/C17H24N2O2/c20-17(18-11-14-8-9-14)19(13-16-7-4-10-21-16)12-15-5-2-1-3-6-15/h1-3,5-6,14,16H,4,7-13H2,(H,18,20)/t16-/m0/s1. The first-order valence-corrected chi connectivity index (χ1v) is 7.99. The van der Waals surface area contributed by atoms with E-state index < -0.39 is 0 Å². The van der Waals surface area contributed by atoms with Gasteiger partial charge in [0.05, 0.1) is 6.10 Å². The Morgan fingerprint density at radius 1 is 1.24 bits per heavy atom. The molecule has 1 aliphatic heterocycles. The van der Waals surface area contributed by atoms with Crippen molar-refractivity contribution in [2.24, 2.45) is 5.92 Å². The van der Waals surface area contributed by atoms with E-state index >= 15 is 0 Å². The minimum Gasteiger partial charge on any atom is -0.376 e. The Balaban J connectivity index is 1.59. The van der Waals surface area contributed by atoms with E-state index in [2.05, 4.69) is 17.4 Å². The van der Waals surface area contributed by atoms with E-state index in [4.69, 9.17) is 4.74 Å². The molecule has 0 bridgehead atoms. The maximum Gasteiger partial charge on any atom is 0.317 e. The highest BCUT2D eigenvalue weighted by atomic mass is 16.5. The molecule has 1 aromatic rings. The van der Waals surface area contributed by atoms with Gasteiger partial charge in [-0.1, -0.05) is 30.3 Å². The fourth-order valence-corrected chi connectivity index (χ4v) is 2.72. The summed E-state index contributed by atoms with van der Waals surface area (Å²) in [5.41, 5.74) is 1.16. The number of ether oxygens (including phenoxy) is 1. The lowest BCUT2D eigenvalue weighted by Gasteiger charge is -2.26. The number of benzene rings is 1. The first-order chi connectivity index (χ1) is 10.3. The second kappa shape index (κ2) is 6.94. The fourth-order valence-electron chi connectivity index (χ4n) is 2.72. The zero-order valence-electron chi connectivity index (χ0n) is 12.5. The summed E-state index contributed by atoms with van der Waals surface area (Å²) >= 11 is 0. The van der Waals surface area contributed by atoms with Crippen molar-refractivity contribution in [2.45, 2.75) is 38.3 Å². The van der Waals surface area contributed by atoms with E-state index in [9.17, 15) is 4.79 Å². The van der Waals surface area contributed by atoms with Gasteiger partial charge in [-0.3, -0.25) is 0 Å². The molecule has 1 heterocycles. The molecule has 21 heavy (non-hydrogen) atoms. The van der Waals surface area contributed by atoms with Crippen molar-refractivity contribution in [1.29, 1.82) is 0 Å². The Hall–Kier alpha value is -1.55.